The number of hydrogen-bond acceptors (Lipinski definition) is 4. The quantitative estimate of drug-likeness (QED) is 0.888. The van der Waals surface area contributed by atoms with Gasteiger partial charge < -0.3 is 15.0 Å². The Morgan fingerprint density at radius 2 is 1.92 bits per heavy atom. The molecule has 1 N–H and O–H groups in total. The summed E-state index contributed by atoms with van der Waals surface area (Å²) in [6.07, 6.45) is 4.38. The van der Waals surface area contributed by atoms with E-state index in [-0.39, 0.29) is 23.9 Å². The van der Waals surface area contributed by atoms with Crippen molar-refractivity contribution in [1.29, 1.82) is 0 Å². The molecule has 2 fully saturated rings. The van der Waals surface area contributed by atoms with E-state index in [0.29, 0.717) is 11.4 Å². The lowest BCUT2D eigenvalue weighted by Crippen LogP contribution is -2.51. The maximum absolute atomic E-state index is 13.6. The molecule has 0 radical (unpaired) electrons. The van der Waals surface area contributed by atoms with Crippen molar-refractivity contribution in [3.8, 4) is 5.75 Å². The molecule has 1 aliphatic heterocycles. The number of benzene rings is 1. The van der Waals surface area contributed by atoms with Crippen LogP contribution in [-0.2, 0) is 4.79 Å². The number of nitrogens with zero attached hydrogens (tertiary/aromatic N) is 2. The van der Waals surface area contributed by atoms with Crippen LogP contribution in [0.25, 0.3) is 0 Å². The number of hydrogen-bond donors (Lipinski definition) is 1. The highest BCUT2D eigenvalue weighted by Gasteiger charge is 2.25. The summed E-state index contributed by atoms with van der Waals surface area (Å²) in [6.45, 7) is 5.59. The van der Waals surface area contributed by atoms with Crippen LogP contribution in [0, 0.1) is 5.82 Å². The summed E-state index contributed by atoms with van der Waals surface area (Å²) in [5, 5.41) is 2.93. The van der Waals surface area contributed by atoms with Crippen LogP contribution >= 0.6 is 0 Å². The molecule has 1 aliphatic carbocycles. The molecule has 6 heteroatoms. The van der Waals surface area contributed by atoms with E-state index in [9.17, 15) is 9.18 Å². The number of likely N-dealkylation sites (N-methyl/N-ethyl adjacent to an activating group) is 1. The van der Waals surface area contributed by atoms with Crippen molar-refractivity contribution in [3.63, 3.8) is 0 Å². The van der Waals surface area contributed by atoms with E-state index < -0.39 is 0 Å². The van der Waals surface area contributed by atoms with Crippen LogP contribution in [0.4, 0.5) is 10.1 Å². The summed E-state index contributed by atoms with van der Waals surface area (Å²) in [5.41, 5.74) is 0.555. The fourth-order valence-corrected chi connectivity index (χ4v) is 3.49. The number of nitrogens with one attached hydrogen (secondary N) is 1. The molecule has 2 aliphatic rings. The topological polar surface area (TPSA) is 44.8 Å². The lowest BCUT2D eigenvalue weighted by molar-refractivity contribution is -0.121. The molecular weight excluding hydrogens is 321 g/mol. The molecule has 1 saturated heterocycles. The van der Waals surface area contributed by atoms with E-state index in [2.05, 4.69) is 22.2 Å². The lowest BCUT2D eigenvalue weighted by Gasteiger charge is -2.35. The minimum Gasteiger partial charge on any atom is -0.488 e. The smallest absolute Gasteiger partial charge is 0.241 e. The van der Waals surface area contributed by atoms with Crippen molar-refractivity contribution in [3.05, 3.63) is 24.0 Å². The average Bonchev–Trinajstić information content (AvgIpc) is 3.10. The standard InChI is InChI=1S/C19H28FN3O2/c1-14(23-11-9-22(2)10-12-23)19(24)21-17-8-7-15(20)13-18(17)25-16-5-3-4-6-16/h7-8,13-14,16H,3-6,9-12H2,1-2H3,(H,21,24). The zero-order chi connectivity index (χ0) is 17.8. The van der Waals surface area contributed by atoms with Crippen molar-refractivity contribution >= 4 is 11.6 Å². The number of carbonyl (C=O) groups excluding carboxylic acids is 1. The van der Waals surface area contributed by atoms with E-state index in [1.165, 1.54) is 12.1 Å². The highest BCUT2D eigenvalue weighted by atomic mass is 19.1. The van der Waals surface area contributed by atoms with Crippen LogP contribution in [0.2, 0.25) is 0 Å². The Hall–Kier alpha value is -1.66. The van der Waals surface area contributed by atoms with Gasteiger partial charge >= 0.3 is 0 Å². The maximum Gasteiger partial charge on any atom is 0.241 e. The summed E-state index contributed by atoms with van der Waals surface area (Å²) < 4.78 is 19.6. The van der Waals surface area contributed by atoms with Crippen LogP contribution in [0.1, 0.15) is 32.6 Å². The van der Waals surface area contributed by atoms with Crippen molar-refractivity contribution in [2.75, 3.05) is 38.5 Å². The number of amides is 1. The Balaban J connectivity index is 1.65. The molecule has 1 amide bonds. The second kappa shape index (κ2) is 8.15. The minimum atomic E-state index is -0.349. The van der Waals surface area contributed by atoms with Crippen LogP contribution in [0.5, 0.6) is 5.75 Å². The summed E-state index contributed by atoms with van der Waals surface area (Å²) in [7, 11) is 2.09. The molecule has 1 unspecified atom stereocenters. The second-order valence-electron chi connectivity index (χ2n) is 7.17. The third-order valence-corrected chi connectivity index (χ3v) is 5.26. The molecule has 1 aromatic carbocycles. The van der Waals surface area contributed by atoms with E-state index in [1.807, 2.05) is 6.92 Å². The van der Waals surface area contributed by atoms with Gasteiger partial charge in [-0.15, -0.1) is 0 Å². The van der Waals surface area contributed by atoms with Gasteiger partial charge in [-0.2, -0.15) is 0 Å². The Morgan fingerprint density at radius 3 is 2.60 bits per heavy atom. The van der Waals surface area contributed by atoms with E-state index in [1.54, 1.807) is 6.07 Å². The number of ether oxygens (including phenoxy) is 1. The predicted molar refractivity (Wildman–Crippen MR) is 96.4 cm³/mol. The first-order valence-corrected chi connectivity index (χ1v) is 9.22. The van der Waals surface area contributed by atoms with Gasteiger partial charge in [-0.25, -0.2) is 4.39 Å². The highest BCUT2D eigenvalue weighted by molar-refractivity contribution is 5.95. The zero-order valence-corrected chi connectivity index (χ0v) is 15.1. The first kappa shape index (κ1) is 18.1. The average molecular weight is 349 g/mol. The molecule has 0 bridgehead atoms. The van der Waals surface area contributed by atoms with E-state index in [4.69, 9.17) is 4.74 Å². The van der Waals surface area contributed by atoms with Gasteiger partial charge in [0.05, 0.1) is 17.8 Å². The van der Waals surface area contributed by atoms with Crippen molar-refractivity contribution in [2.24, 2.45) is 0 Å². The Bertz CT molecular complexity index is 596. The van der Waals surface area contributed by atoms with Gasteiger partial charge in [-0.1, -0.05) is 0 Å². The largest absolute Gasteiger partial charge is 0.488 e. The third-order valence-electron chi connectivity index (χ3n) is 5.26. The molecule has 0 spiro atoms. The molecule has 138 valence electrons. The molecule has 0 aromatic heterocycles. The van der Waals surface area contributed by atoms with Gasteiger partial charge in [0.2, 0.25) is 5.91 Å². The Labute approximate surface area is 149 Å². The normalized spacial score (nSPS) is 21.2. The van der Waals surface area contributed by atoms with Gasteiger partial charge in [0, 0.05) is 32.2 Å². The number of anilines is 1. The number of carbonyl (C=O) groups is 1. The summed E-state index contributed by atoms with van der Waals surface area (Å²) in [5.74, 6) is 0.0105. The van der Waals surface area contributed by atoms with Gasteiger partial charge in [0.1, 0.15) is 11.6 Å². The molecule has 5 nitrogen and oxygen atoms in total. The van der Waals surface area contributed by atoms with Crippen LogP contribution < -0.4 is 10.1 Å². The predicted octanol–water partition coefficient (Wildman–Crippen LogP) is 2.72. The van der Waals surface area contributed by atoms with E-state index >= 15 is 0 Å². The molecule has 1 saturated carbocycles. The molecular formula is C19H28FN3O2. The first-order valence-electron chi connectivity index (χ1n) is 9.22. The molecule has 1 atom stereocenters. The van der Waals surface area contributed by atoms with Gasteiger partial charge in [-0.05, 0) is 51.8 Å². The first-order chi connectivity index (χ1) is 12.0. The SMILES string of the molecule is CC(C(=O)Nc1ccc(F)cc1OC1CCCC1)N1CCN(C)CC1. The number of piperazine rings is 1. The van der Waals surface area contributed by atoms with Gasteiger partial charge in [0.15, 0.2) is 0 Å². The van der Waals surface area contributed by atoms with Crippen molar-refractivity contribution in [2.45, 2.75) is 44.8 Å². The Morgan fingerprint density at radius 1 is 1.24 bits per heavy atom. The molecule has 25 heavy (non-hydrogen) atoms. The van der Waals surface area contributed by atoms with Crippen molar-refractivity contribution < 1.29 is 13.9 Å². The summed E-state index contributed by atoms with van der Waals surface area (Å²) in [4.78, 5) is 17.1. The monoisotopic (exact) mass is 349 g/mol. The third kappa shape index (κ3) is 4.70. The maximum atomic E-state index is 13.6. The van der Waals surface area contributed by atoms with Crippen LogP contribution in [0.15, 0.2) is 18.2 Å². The zero-order valence-electron chi connectivity index (χ0n) is 15.1. The minimum absolute atomic E-state index is 0.0765. The molecule has 1 aromatic rings. The van der Waals surface area contributed by atoms with Crippen LogP contribution in [-0.4, -0.2) is 61.1 Å². The Kier molecular flexibility index (Phi) is 5.91. The second-order valence-corrected chi connectivity index (χ2v) is 7.17. The molecule has 3 rings (SSSR count). The van der Waals surface area contributed by atoms with E-state index in [0.717, 1.165) is 51.9 Å². The lowest BCUT2D eigenvalue weighted by atomic mass is 10.2. The molecule has 1 heterocycles. The fraction of sp³-hybridized carbons (Fsp3) is 0.632. The highest BCUT2D eigenvalue weighted by Crippen LogP contribution is 2.31. The number of halogens is 1. The number of rotatable bonds is 5. The van der Waals surface area contributed by atoms with Crippen molar-refractivity contribution in [1.82, 2.24) is 9.80 Å². The van der Waals surface area contributed by atoms with Crippen LogP contribution in [0.3, 0.4) is 0 Å². The summed E-state index contributed by atoms with van der Waals surface area (Å²) in [6, 6.07) is 4.10. The fourth-order valence-electron chi connectivity index (χ4n) is 3.49. The van der Waals surface area contributed by atoms with Gasteiger partial charge in [-0.3, -0.25) is 9.69 Å². The summed E-state index contributed by atoms with van der Waals surface area (Å²) >= 11 is 0. The van der Waals surface area contributed by atoms with Gasteiger partial charge in [0.25, 0.3) is 0 Å².